The van der Waals surface area contributed by atoms with Gasteiger partial charge in [0.05, 0.1) is 6.54 Å². The number of carbonyl (C=O) groups excluding carboxylic acids is 3. The molecule has 2 amide bonds. The first-order valence-electron chi connectivity index (χ1n) is 14.0. The van der Waals surface area contributed by atoms with Crippen LogP contribution in [0.4, 0.5) is 0 Å². The molecule has 0 aliphatic carbocycles. The Morgan fingerprint density at radius 1 is 1.14 bits per heavy atom. The summed E-state index contributed by atoms with van der Waals surface area (Å²) in [6.45, 7) is 12.3. The van der Waals surface area contributed by atoms with Gasteiger partial charge in [-0.25, -0.2) is 0 Å². The quantitative estimate of drug-likeness (QED) is 0.518. The summed E-state index contributed by atoms with van der Waals surface area (Å²) in [7, 11) is 0. The lowest BCUT2D eigenvalue weighted by atomic mass is 9.89. The van der Waals surface area contributed by atoms with Gasteiger partial charge in [-0.3, -0.25) is 14.4 Å². The van der Waals surface area contributed by atoms with E-state index in [1.165, 1.54) is 12.0 Å². The maximum atomic E-state index is 13.7. The van der Waals surface area contributed by atoms with Gasteiger partial charge in [-0.1, -0.05) is 32.9 Å². The van der Waals surface area contributed by atoms with E-state index in [4.69, 9.17) is 9.47 Å². The van der Waals surface area contributed by atoms with Crippen LogP contribution in [-0.2, 0) is 19.1 Å². The maximum Gasteiger partial charge on any atom is 0.251 e. The van der Waals surface area contributed by atoms with E-state index < -0.39 is 18.2 Å². The number of nitrogens with one attached hydrogen (secondary N) is 1. The SMILES string of the molecule is CCCN1CCC(c2ccc(C(=O)N[C@@H](CC(C)C)C(=O)N3C[C@H](OCC)[C@H]4OCC(=O)[C@H]43)cc2)CC1. The average Bonchev–Trinajstić information content (AvgIpc) is 3.44. The fourth-order valence-electron chi connectivity index (χ4n) is 6.05. The lowest BCUT2D eigenvalue weighted by Crippen LogP contribution is -2.52. The first kappa shape index (κ1) is 27.7. The molecule has 8 heteroatoms. The van der Waals surface area contributed by atoms with Crippen LogP contribution in [-0.4, -0.2) is 91.1 Å². The van der Waals surface area contributed by atoms with Crippen molar-refractivity contribution >= 4 is 17.6 Å². The van der Waals surface area contributed by atoms with E-state index in [2.05, 4.69) is 29.3 Å². The molecule has 0 aromatic heterocycles. The second-order valence-electron chi connectivity index (χ2n) is 11.1. The lowest BCUT2D eigenvalue weighted by Gasteiger charge is -2.32. The molecule has 3 aliphatic rings. The highest BCUT2D eigenvalue weighted by atomic mass is 16.6. The van der Waals surface area contributed by atoms with Gasteiger partial charge in [-0.2, -0.15) is 0 Å². The van der Waals surface area contributed by atoms with Crippen LogP contribution in [0.5, 0.6) is 0 Å². The van der Waals surface area contributed by atoms with Gasteiger partial charge in [0.2, 0.25) is 5.91 Å². The number of likely N-dealkylation sites (tertiary alicyclic amines) is 2. The zero-order chi connectivity index (χ0) is 26.5. The zero-order valence-corrected chi connectivity index (χ0v) is 22.8. The van der Waals surface area contributed by atoms with Gasteiger partial charge in [0.25, 0.3) is 5.91 Å². The molecule has 1 N–H and O–H groups in total. The van der Waals surface area contributed by atoms with Gasteiger partial charge in [-0.15, -0.1) is 0 Å². The molecule has 0 bridgehead atoms. The first-order chi connectivity index (χ1) is 17.8. The van der Waals surface area contributed by atoms with E-state index >= 15 is 0 Å². The fourth-order valence-corrected chi connectivity index (χ4v) is 6.05. The summed E-state index contributed by atoms with van der Waals surface area (Å²) < 4.78 is 11.4. The third-order valence-corrected chi connectivity index (χ3v) is 7.88. The second kappa shape index (κ2) is 12.5. The van der Waals surface area contributed by atoms with E-state index in [9.17, 15) is 14.4 Å². The minimum absolute atomic E-state index is 0.00608. The highest BCUT2D eigenvalue weighted by molar-refractivity contribution is 5.99. The molecule has 4 atom stereocenters. The molecule has 37 heavy (non-hydrogen) atoms. The summed E-state index contributed by atoms with van der Waals surface area (Å²) >= 11 is 0. The van der Waals surface area contributed by atoms with Crippen molar-refractivity contribution in [1.82, 2.24) is 15.1 Å². The first-order valence-corrected chi connectivity index (χ1v) is 14.0. The molecule has 0 unspecified atom stereocenters. The predicted octanol–water partition coefficient (Wildman–Crippen LogP) is 3.00. The van der Waals surface area contributed by atoms with Crippen molar-refractivity contribution in [3.05, 3.63) is 35.4 Å². The third kappa shape index (κ3) is 6.41. The van der Waals surface area contributed by atoms with Crippen molar-refractivity contribution in [3.63, 3.8) is 0 Å². The smallest absolute Gasteiger partial charge is 0.251 e. The minimum atomic E-state index is -0.718. The molecule has 1 aromatic carbocycles. The van der Waals surface area contributed by atoms with E-state index in [-0.39, 0.29) is 36.2 Å². The Kier molecular flexibility index (Phi) is 9.37. The molecular formula is C29H43N3O5. The molecular weight excluding hydrogens is 470 g/mol. The fraction of sp³-hybridized carbons (Fsp3) is 0.690. The number of ketones is 1. The zero-order valence-electron chi connectivity index (χ0n) is 22.8. The summed E-state index contributed by atoms with van der Waals surface area (Å²) in [6, 6.07) is 6.49. The Morgan fingerprint density at radius 2 is 1.84 bits per heavy atom. The number of piperidine rings is 1. The monoisotopic (exact) mass is 513 g/mol. The molecule has 0 radical (unpaired) electrons. The number of amides is 2. The predicted molar refractivity (Wildman–Crippen MR) is 142 cm³/mol. The molecule has 1 aromatic rings. The van der Waals surface area contributed by atoms with Crippen LogP contribution < -0.4 is 5.32 Å². The van der Waals surface area contributed by atoms with Crippen LogP contribution in [0.3, 0.4) is 0 Å². The molecule has 3 heterocycles. The summed E-state index contributed by atoms with van der Waals surface area (Å²) in [5, 5.41) is 2.97. The van der Waals surface area contributed by atoms with Gasteiger partial charge in [-0.05, 0) is 81.8 Å². The van der Waals surface area contributed by atoms with E-state index in [0.717, 1.165) is 32.5 Å². The van der Waals surface area contributed by atoms with Gasteiger partial charge in [0.1, 0.15) is 30.9 Å². The van der Waals surface area contributed by atoms with Crippen LogP contribution in [0.1, 0.15) is 75.2 Å². The Hall–Kier alpha value is -2.29. The van der Waals surface area contributed by atoms with E-state index in [0.29, 0.717) is 31.1 Å². The number of hydrogen-bond donors (Lipinski definition) is 1. The highest BCUT2D eigenvalue weighted by Gasteiger charge is 2.53. The van der Waals surface area contributed by atoms with Crippen molar-refractivity contribution in [2.45, 2.75) is 83.6 Å². The van der Waals surface area contributed by atoms with Gasteiger partial charge in [0.15, 0.2) is 5.78 Å². The topological polar surface area (TPSA) is 88.2 Å². The maximum absolute atomic E-state index is 13.7. The largest absolute Gasteiger partial charge is 0.374 e. The van der Waals surface area contributed by atoms with Crippen LogP contribution in [0.2, 0.25) is 0 Å². The van der Waals surface area contributed by atoms with Crippen molar-refractivity contribution in [2.24, 2.45) is 5.92 Å². The lowest BCUT2D eigenvalue weighted by molar-refractivity contribution is -0.138. The number of fused-ring (bicyclic) bond motifs is 1. The van der Waals surface area contributed by atoms with Gasteiger partial charge in [0, 0.05) is 12.2 Å². The van der Waals surface area contributed by atoms with Gasteiger partial charge >= 0.3 is 0 Å². The van der Waals surface area contributed by atoms with Gasteiger partial charge < -0.3 is 24.6 Å². The van der Waals surface area contributed by atoms with Crippen LogP contribution in [0.15, 0.2) is 24.3 Å². The molecule has 204 valence electrons. The molecule has 3 aliphatic heterocycles. The van der Waals surface area contributed by atoms with Crippen molar-refractivity contribution in [1.29, 1.82) is 0 Å². The normalized spacial score (nSPS) is 25.5. The Bertz CT molecular complexity index is 941. The number of rotatable bonds is 10. The Labute approximate surface area is 221 Å². The summed E-state index contributed by atoms with van der Waals surface area (Å²) in [6.07, 6.45) is 3.18. The number of hydrogen-bond acceptors (Lipinski definition) is 6. The Balaban J connectivity index is 1.42. The molecule has 0 saturated carbocycles. The van der Waals surface area contributed by atoms with E-state index in [1.54, 1.807) is 4.90 Å². The number of benzene rings is 1. The molecule has 0 spiro atoms. The van der Waals surface area contributed by atoms with Crippen molar-refractivity contribution in [2.75, 3.05) is 39.4 Å². The van der Waals surface area contributed by atoms with Crippen LogP contribution in [0.25, 0.3) is 0 Å². The van der Waals surface area contributed by atoms with Crippen molar-refractivity contribution in [3.8, 4) is 0 Å². The third-order valence-electron chi connectivity index (χ3n) is 7.88. The minimum Gasteiger partial charge on any atom is -0.374 e. The average molecular weight is 514 g/mol. The number of ether oxygens (including phenoxy) is 2. The standard InChI is InChI=1S/C29H43N3O5/c1-5-13-31-14-11-21(12-15-31)20-7-9-22(10-8-20)28(34)30-23(16-19(3)4)29(35)32-17-25(36-6-2)27-26(32)24(33)18-37-27/h7-10,19,21,23,25-27H,5-6,11-18H2,1-4H3,(H,30,34)/t23-,25-,26+,27+/m0/s1. The highest BCUT2D eigenvalue weighted by Crippen LogP contribution is 2.31. The number of carbonyl (C=O) groups is 3. The number of nitrogens with zero attached hydrogens (tertiary/aromatic N) is 2. The van der Waals surface area contributed by atoms with Crippen LogP contribution in [0, 0.1) is 5.92 Å². The van der Waals surface area contributed by atoms with Crippen molar-refractivity contribution < 1.29 is 23.9 Å². The second-order valence-corrected chi connectivity index (χ2v) is 11.1. The summed E-state index contributed by atoms with van der Waals surface area (Å²) in [5.74, 6) is 0.0918. The molecule has 3 saturated heterocycles. The molecule has 3 fully saturated rings. The van der Waals surface area contributed by atoms with E-state index in [1.807, 2.05) is 32.9 Å². The number of Topliss-reactive ketones (excluding diaryl/α,β-unsaturated/α-hetero) is 1. The summed E-state index contributed by atoms with van der Waals surface area (Å²) in [5.41, 5.74) is 1.81. The summed E-state index contributed by atoms with van der Waals surface area (Å²) in [4.78, 5) is 43.5. The molecule has 8 nitrogen and oxygen atoms in total. The molecule has 4 rings (SSSR count). The van der Waals surface area contributed by atoms with Crippen LogP contribution >= 0.6 is 0 Å². The Morgan fingerprint density at radius 3 is 2.46 bits per heavy atom.